The highest BCUT2D eigenvalue weighted by molar-refractivity contribution is 5.78. The number of nitrogens with zero attached hydrogens (tertiary/aromatic N) is 1. The zero-order valence-electron chi connectivity index (χ0n) is 7.19. The van der Waals surface area contributed by atoms with Gasteiger partial charge in [-0.3, -0.25) is 5.10 Å². The summed E-state index contributed by atoms with van der Waals surface area (Å²) in [6.45, 7) is 0. The monoisotopic (exact) mass is 178 g/mol. The van der Waals surface area contributed by atoms with Crippen LogP contribution in [0.3, 0.4) is 0 Å². The molecule has 1 heterocycles. The molecule has 4 heteroatoms. The summed E-state index contributed by atoms with van der Waals surface area (Å²) in [5.41, 5.74) is 1.62. The molecule has 2 rings (SSSR count). The van der Waals surface area contributed by atoms with Crippen LogP contribution in [0.5, 0.6) is 0 Å². The summed E-state index contributed by atoms with van der Waals surface area (Å²) in [6, 6.07) is 5.51. The van der Waals surface area contributed by atoms with Gasteiger partial charge in [-0.15, -0.1) is 0 Å². The van der Waals surface area contributed by atoms with Gasteiger partial charge in [-0.2, -0.15) is 5.10 Å². The summed E-state index contributed by atoms with van der Waals surface area (Å²) in [4.78, 5) is 0. The molecule has 0 bridgehead atoms. The predicted octanol–water partition coefficient (Wildman–Crippen LogP) is 1.20. The molecule has 0 radical (unpaired) electrons. The van der Waals surface area contributed by atoms with E-state index in [0.717, 1.165) is 16.5 Å². The maximum atomic E-state index is 9.37. The molecule has 1 aromatic carbocycles. The lowest BCUT2D eigenvalue weighted by atomic mass is 10.1. The van der Waals surface area contributed by atoms with Crippen molar-refractivity contribution < 1.29 is 9.84 Å². The van der Waals surface area contributed by atoms with Crippen LogP contribution in [0, 0.1) is 0 Å². The van der Waals surface area contributed by atoms with E-state index in [0.29, 0.717) is 0 Å². The average Bonchev–Trinajstić information content (AvgIpc) is 2.63. The van der Waals surface area contributed by atoms with E-state index in [-0.39, 0.29) is 0 Å². The number of hydrogen-bond donors (Lipinski definition) is 2. The number of aliphatic hydroxyl groups is 1. The first-order chi connectivity index (χ1) is 6.31. The summed E-state index contributed by atoms with van der Waals surface area (Å²) in [7, 11) is 1.46. The second-order valence-electron chi connectivity index (χ2n) is 2.80. The number of ether oxygens (including phenoxy) is 1. The maximum absolute atomic E-state index is 9.37. The number of hydrogen-bond acceptors (Lipinski definition) is 3. The lowest BCUT2D eigenvalue weighted by Crippen LogP contribution is -1.98. The molecular formula is C9H10N2O2. The Bertz CT molecular complexity index is 411. The third-order valence-corrected chi connectivity index (χ3v) is 1.97. The first-order valence-electron chi connectivity index (χ1n) is 3.95. The van der Waals surface area contributed by atoms with Gasteiger partial charge in [-0.25, -0.2) is 0 Å². The fourth-order valence-corrected chi connectivity index (χ4v) is 1.24. The van der Waals surface area contributed by atoms with Gasteiger partial charge < -0.3 is 9.84 Å². The molecule has 13 heavy (non-hydrogen) atoms. The van der Waals surface area contributed by atoms with Crippen molar-refractivity contribution in [2.24, 2.45) is 0 Å². The molecule has 2 N–H and O–H groups in total. The van der Waals surface area contributed by atoms with Gasteiger partial charge in [0.1, 0.15) is 0 Å². The lowest BCUT2D eigenvalue weighted by Gasteiger charge is -2.07. The summed E-state index contributed by atoms with van der Waals surface area (Å²) in [5, 5.41) is 17.1. The molecule has 0 saturated carbocycles. The highest BCUT2D eigenvalue weighted by Crippen LogP contribution is 2.18. The Morgan fingerprint density at radius 1 is 1.54 bits per heavy atom. The van der Waals surface area contributed by atoms with Crippen molar-refractivity contribution in [3.63, 3.8) is 0 Å². The van der Waals surface area contributed by atoms with Crippen LogP contribution in [-0.2, 0) is 4.74 Å². The number of nitrogens with one attached hydrogen (secondary N) is 1. The fraction of sp³-hybridized carbons (Fsp3) is 0.222. The van der Waals surface area contributed by atoms with Crippen LogP contribution in [-0.4, -0.2) is 22.4 Å². The topological polar surface area (TPSA) is 58.1 Å². The van der Waals surface area contributed by atoms with Crippen molar-refractivity contribution in [3.8, 4) is 0 Å². The van der Waals surface area contributed by atoms with Crippen molar-refractivity contribution >= 4 is 10.9 Å². The van der Waals surface area contributed by atoms with Crippen LogP contribution in [0.25, 0.3) is 10.9 Å². The third kappa shape index (κ3) is 1.41. The molecule has 1 atom stereocenters. The van der Waals surface area contributed by atoms with E-state index in [1.807, 2.05) is 18.2 Å². The number of aromatic amines is 1. The summed E-state index contributed by atoms with van der Waals surface area (Å²) in [6.07, 6.45) is 0.867. The molecule has 0 aliphatic carbocycles. The number of methoxy groups -OCH3 is 1. The van der Waals surface area contributed by atoms with Crippen LogP contribution in [0.15, 0.2) is 24.4 Å². The van der Waals surface area contributed by atoms with E-state index in [4.69, 9.17) is 4.74 Å². The van der Waals surface area contributed by atoms with Crippen LogP contribution < -0.4 is 0 Å². The number of fused-ring (bicyclic) bond motifs is 1. The number of H-pyrrole nitrogens is 1. The molecule has 68 valence electrons. The zero-order valence-corrected chi connectivity index (χ0v) is 7.19. The molecular weight excluding hydrogens is 168 g/mol. The number of benzene rings is 1. The predicted molar refractivity (Wildman–Crippen MR) is 48.1 cm³/mol. The van der Waals surface area contributed by atoms with Gasteiger partial charge in [0.2, 0.25) is 0 Å². The summed E-state index contributed by atoms with van der Waals surface area (Å²) >= 11 is 0. The number of aromatic nitrogens is 2. The van der Waals surface area contributed by atoms with Gasteiger partial charge in [-0.1, -0.05) is 12.1 Å². The highest BCUT2D eigenvalue weighted by atomic mass is 16.6. The van der Waals surface area contributed by atoms with Gasteiger partial charge in [0.15, 0.2) is 6.29 Å². The van der Waals surface area contributed by atoms with E-state index in [2.05, 4.69) is 10.2 Å². The zero-order chi connectivity index (χ0) is 9.26. The smallest absolute Gasteiger partial charge is 0.180 e. The SMILES string of the molecule is COC(O)c1ccc2cn[nH]c2c1. The first kappa shape index (κ1) is 8.22. The van der Waals surface area contributed by atoms with Crippen LogP contribution in [0.4, 0.5) is 0 Å². The molecule has 0 fully saturated rings. The molecule has 0 aliphatic rings. The first-order valence-corrected chi connectivity index (χ1v) is 3.95. The van der Waals surface area contributed by atoms with Crippen LogP contribution in [0.1, 0.15) is 11.9 Å². The minimum Gasteiger partial charge on any atom is -0.364 e. The van der Waals surface area contributed by atoms with Gasteiger partial charge in [0.25, 0.3) is 0 Å². The van der Waals surface area contributed by atoms with Gasteiger partial charge in [-0.05, 0) is 6.07 Å². The molecule has 1 aromatic heterocycles. The molecule has 0 aliphatic heterocycles. The largest absolute Gasteiger partial charge is 0.364 e. The van der Waals surface area contributed by atoms with Crippen molar-refractivity contribution in [2.75, 3.05) is 7.11 Å². The molecule has 0 amide bonds. The van der Waals surface area contributed by atoms with Crippen molar-refractivity contribution in [3.05, 3.63) is 30.0 Å². The minimum absolute atomic E-state index is 0.722. The van der Waals surface area contributed by atoms with Gasteiger partial charge in [0.05, 0.1) is 11.7 Å². The Morgan fingerprint density at radius 2 is 2.38 bits per heavy atom. The average molecular weight is 178 g/mol. The van der Waals surface area contributed by atoms with E-state index in [1.165, 1.54) is 7.11 Å². The Kier molecular flexibility index (Phi) is 2.00. The highest BCUT2D eigenvalue weighted by Gasteiger charge is 2.06. The van der Waals surface area contributed by atoms with Crippen molar-refractivity contribution in [1.82, 2.24) is 10.2 Å². The Labute approximate surface area is 75.1 Å². The van der Waals surface area contributed by atoms with E-state index < -0.39 is 6.29 Å². The second-order valence-corrected chi connectivity index (χ2v) is 2.80. The fourth-order valence-electron chi connectivity index (χ4n) is 1.24. The molecule has 0 spiro atoms. The second kappa shape index (κ2) is 3.16. The Balaban J connectivity index is 2.48. The molecule has 1 unspecified atom stereocenters. The quantitative estimate of drug-likeness (QED) is 0.679. The number of rotatable bonds is 2. The van der Waals surface area contributed by atoms with Gasteiger partial charge in [0, 0.05) is 18.1 Å². The number of aliphatic hydroxyl groups excluding tert-OH is 1. The third-order valence-electron chi connectivity index (χ3n) is 1.97. The Hall–Kier alpha value is -1.39. The maximum Gasteiger partial charge on any atom is 0.180 e. The Morgan fingerprint density at radius 3 is 3.15 bits per heavy atom. The minimum atomic E-state index is -0.868. The lowest BCUT2D eigenvalue weighted by molar-refractivity contribution is -0.0768. The normalized spacial score (nSPS) is 13.4. The van der Waals surface area contributed by atoms with E-state index >= 15 is 0 Å². The van der Waals surface area contributed by atoms with Crippen molar-refractivity contribution in [2.45, 2.75) is 6.29 Å². The molecule has 0 saturated heterocycles. The van der Waals surface area contributed by atoms with Gasteiger partial charge >= 0.3 is 0 Å². The summed E-state index contributed by atoms with van der Waals surface area (Å²) < 4.78 is 4.78. The van der Waals surface area contributed by atoms with E-state index in [1.54, 1.807) is 6.20 Å². The standard InChI is InChI=1S/C9H10N2O2/c1-13-9(12)6-2-3-7-5-10-11-8(7)4-6/h2-5,9,12H,1H3,(H,10,11). The molecule has 4 nitrogen and oxygen atoms in total. The van der Waals surface area contributed by atoms with Crippen LogP contribution >= 0.6 is 0 Å². The summed E-state index contributed by atoms with van der Waals surface area (Å²) in [5.74, 6) is 0. The van der Waals surface area contributed by atoms with E-state index in [9.17, 15) is 5.11 Å². The molecule has 2 aromatic rings. The van der Waals surface area contributed by atoms with Crippen LogP contribution in [0.2, 0.25) is 0 Å². The van der Waals surface area contributed by atoms with Crippen molar-refractivity contribution in [1.29, 1.82) is 0 Å².